The van der Waals surface area contributed by atoms with E-state index in [9.17, 15) is 96.8 Å². The number of hydrogen-bond acceptors (Lipinski definition) is 23. The van der Waals surface area contributed by atoms with Crippen molar-refractivity contribution in [2.75, 3.05) is 31.9 Å². The van der Waals surface area contributed by atoms with Gasteiger partial charge in [0.1, 0.15) is 78.3 Å². The molecule has 2 aromatic rings. The van der Waals surface area contributed by atoms with Crippen LogP contribution in [0.4, 0.5) is 0 Å². The number of carboxylic acid groups (broad SMARTS) is 2. The molecule has 15 atom stereocenters. The van der Waals surface area contributed by atoms with Gasteiger partial charge in [0, 0.05) is 50.7 Å². The number of phenolic OH excluding ortho intramolecular Hbond substituents is 1. The summed E-state index contributed by atoms with van der Waals surface area (Å²) in [7, 11) is 0. The number of carbonyl (C=O) groups is 17. The minimum atomic E-state index is -1.78. The van der Waals surface area contributed by atoms with Crippen LogP contribution in [0, 0.1) is 34.5 Å². The second kappa shape index (κ2) is 52.0. The summed E-state index contributed by atoms with van der Waals surface area (Å²) in [5, 5.41) is 85.4. The third kappa shape index (κ3) is 37.5. The number of carbonyl (C=O) groups excluding carboxylic acids is 15. The van der Waals surface area contributed by atoms with Crippen molar-refractivity contribution in [2.24, 2.45) is 46.6 Å². The van der Waals surface area contributed by atoms with Gasteiger partial charge in [-0.2, -0.15) is 12.6 Å². The number of aromatic hydroxyl groups is 1. The molecule has 44 nitrogen and oxygen atoms in total. The second-order valence-corrected chi connectivity index (χ2v) is 30.2. The van der Waals surface area contributed by atoms with Crippen molar-refractivity contribution in [2.45, 2.75) is 237 Å². The van der Waals surface area contributed by atoms with Gasteiger partial charge >= 0.3 is 11.9 Å². The topological polar surface area (TPSA) is 724 Å². The fourth-order valence-corrected chi connectivity index (χ4v) is 12.4. The van der Waals surface area contributed by atoms with Crippen LogP contribution >= 0.6 is 12.6 Å². The van der Waals surface area contributed by atoms with Crippen LogP contribution < -0.4 is 108 Å². The van der Waals surface area contributed by atoms with Gasteiger partial charge in [-0.3, -0.25) is 87.5 Å². The first-order valence-electron chi connectivity index (χ1n) is 39.3. The molecular weight excluding hydrogens is 1580 g/mol. The van der Waals surface area contributed by atoms with E-state index in [4.69, 9.17) is 33.8 Å². The number of imidazole rings is 1. The number of nitrogens with two attached hydrogens (primary N) is 4. The monoisotopic (exact) mass is 1700 g/mol. The first-order valence-corrected chi connectivity index (χ1v) is 39.9. The van der Waals surface area contributed by atoms with Gasteiger partial charge in [-0.05, 0) is 106 Å². The highest BCUT2D eigenvalue weighted by Crippen LogP contribution is 2.18. The Bertz CT molecular complexity index is 3810. The van der Waals surface area contributed by atoms with Gasteiger partial charge in [-0.25, -0.2) is 9.78 Å². The van der Waals surface area contributed by atoms with Crippen LogP contribution in [0.2, 0.25) is 0 Å². The summed E-state index contributed by atoms with van der Waals surface area (Å²) in [6.07, 6.45) is 0.199. The maximum absolute atomic E-state index is 14.8. The lowest BCUT2D eigenvalue weighted by Gasteiger charge is -2.31. The number of guanidine groups is 2. The lowest BCUT2D eigenvalue weighted by atomic mass is 9.95. The molecule has 2 heterocycles. The number of hydrogen-bond donors (Lipinski definition) is 27. The lowest BCUT2D eigenvalue weighted by molar-refractivity contribution is -0.141. The Morgan fingerprint density at radius 1 is 0.513 bits per heavy atom. The summed E-state index contributed by atoms with van der Waals surface area (Å²) < 4.78 is 0. The summed E-state index contributed by atoms with van der Waals surface area (Å²) in [4.78, 5) is 240. The van der Waals surface area contributed by atoms with Gasteiger partial charge in [0.15, 0.2) is 11.9 Å². The fourth-order valence-electron chi connectivity index (χ4n) is 12.2. The molecule has 1 aromatic heterocycles. The van der Waals surface area contributed by atoms with Crippen LogP contribution in [-0.4, -0.2) is 248 Å². The van der Waals surface area contributed by atoms with Crippen LogP contribution in [0.25, 0.3) is 0 Å². The first-order chi connectivity index (χ1) is 56.1. The number of benzene rings is 1. The van der Waals surface area contributed by atoms with Crippen molar-refractivity contribution in [3.05, 3.63) is 48.0 Å². The number of rotatable bonds is 55. The molecule has 45 heteroatoms. The average Bonchev–Trinajstić information content (AvgIpc) is 0.866. The molecule has 0 radical (unpaired) electrons. The minimum absolute atomic E-state index is 0.00212. The number of amides is 15. The number of aromatic nitrogens is 2. The third-order valence-electron chi connectivity index (χ3n) is 19.3. The molecule has 1 saturated heterocycles. The predicted molar refractivity (Wildman–Crippen MR) is 433 cm³/mol. The predicted octanol–water partition coefficient (Wildman–Crippen LogP) is -6.07. The molecule has 1 aromatic carbocycles. The summed E-state index contributed by atoms with van der Waals surface area (Å²) in [5.74, 6) is -21.3. The number of aromatic amines is 1. The van der Waals surface area contributed by atoms with E-state index >= 15 is 0 Å². The van der Waals surface area contributed by atoms with Crippen LogP contribution in [0.5, 0.6) is 5.75 Å². The van der Waals surface area contributed by atoms with Gasteiger partial charge in [-0.1, -0.05) is 80.4 Å². The number of carboxylic acids is 2. The van der Waals surface area contributed by atoms with Crippen molar-refractivity contribution < 1.29 is 96.8 Å². The Labute approximate surface area is 693 Å². The molecule has 0 spiro atoms. The standard InChI is InChI=1S/C74H120N24O20S/c1-9-38(7)58(71(116)94-48(28-36(3)4)66(111)90-47(22-24-56(103)104)63(108)93-50(30-41-32-81-35-86-41)67(112)95-52(34-119)72(117)118)97-65(110)45(16-13-27-84-74(79)80)88-62(107)46(21-23-53(75)100)91-70(115)59(39(8)10-2)98-69(114)57(37(5)6)96-64(109)44(15-12-26-83-73(77)78)89-68(113)51(31-54(76)101)87-55(102)33-85-60(105)49(29-40-17-19-42(99)20-18-40)92-61(106)43-14-11-25-82-43/h17-20,32,35-39,43-52,57-59,82,99,119H,9-16,21-31,33-34H2,1-8H3,(H2,75,100)(H2,76,101)(H,81,86)(H,85,105)(H,87,102)(H,88,107)(H,89,113)(H,90,111)(H,91,115)(H,92,106)(H,93,108)(H,94,116)(H,95,112)(H,96,109)(H,97,110)(H,98,114)(H,103,104)(H,117,118)(H4,77,78,83)(H4,79,80,84)/t38-,39-,43-,44-,45-,46-,47-,48-,49-,50-,51-,52-,57-,58-,59-/m0/s1. The first kappa shape index (κ1) is 101. The van der Waals surface area contributed by atoms with Crippen LogP contribution in [0.15, 0.2) is 36.8 Å². The van der Waals surface area contributed by atoms with E-state index in [-0.39, 0.29) is 94.0 Å². The fraction of sp³-hybridized carbons (Fsp3) is 0.622. The third-order valence-corrected chi connectivity index (χ3v) is 19.6. The molecule has 3 rings (SSSR count). The number of primary amides is 2. The molecule has 0 saturated carbocycles. The highest BCUT2D eigenvalue weighted by molar-refractivity contribution is 7.80. The molecule has 119 heavy (non-hydrogen) atoms. The number of aliphatic carboxylic acids is 2. The lowest BCUT2D eigenvalue weighted by Crippen LogP contribution is -2.62. The van der Waals surface area contributed by atoms with E-state index < -0.39 is 247 Å². The van der Waals surface area contributed by atoms with Crippen molar-refractivity contribution in [1.82, 2.24) is 95.0 Å². The van der Waals surface area contributed by atoms with Crippen LogP contribution in [-0.2, 0) is 94.3 Å². The van der Waals surface area contributed by atoms with Crippen molar-refractivity contribution in [3.63, 3.8) is 0 Å². The maximum Gasteiger partial charge on any atom is 0.327 e. The Kier molecular flexibility index (Phi) is 44.2. The number of H-pyrrole nitrogens is 1. The van der Waals surface area contributed by atoms with Gasteiger partial charge in [0.25, 0.3) is 0 Å². The number of thiol groups is 1. The van der Waals surface area contributed by atoms with E-state index in [1.165, 1.54) is 50.6 Å². The Morgan fingerprint density at radius 2 is 0.958 bits per heavy atom. The number of nitrogens with zero attached hydrogens (tertiary/aromatic N) is 1. The largest absolute Gasteiger partial charge is 0.508 e. The quantitative estimate of drug-likeness (QED) is 0.0127. The molecular formula is C74H120N24O20S. The highest BCUT2D eigenvalue weighted by atomic mass is 32.1. The molecule has 30 N–H and O–H groups in total. The SMILES string of the molecule is CC[C@H](C)[C@H](NC(=O)[C@H](CCCNC(=N)N)NC(=O)[C@H](CCC(N)=O)NC(=O)[C@@H](NC(=O)[C@@H](NC(=O)[C@H](CCCNC(=N)N)NC(=O)[C@H](CC(N)=O)NC(=O)CNC(=O)[C@H](Cc1ccc(O)cc1)NC(=O)[C@@H]1CCCN1)C(C)C)[C@@H](C)CC)C(=O)N[C@@H](CC(C)C)C(=O)N[C@@H](CCC(=O)O)C(=O)N[C@@H](Cc1c[nH]cn1)C(=O)N[C@@H](CS)C(=O)O. The zero-order valence-electron chi connectivity index (χ0n) is 68.1. The Morgan fingerprint density at radius 3 is 1.41 bits per heavy atom. The van der Waals surface area contributed by atoms with Gasteiger partial charge < -0.3 is 128 Å². The van der Waals surface area contributed by atoms with Crippen LogP contribution in [0.1, 0.15) is 157 Å². The smallest absolute Gasteiger partial charge is 0.327 e. The number of nitrogens with one attached hydrogen (secondary N) is 19. The molecule has 0 bridgehead atoms. The van der Waals surface area contributed by atoms with E-state index in [0.29, 0.717) is 24.9 Å². The molecule has 15 amide bonds. The minimum Gasteiger partial charge on any atom is -0.508 e. The normalized spacial score (nSPS) is 15.9. The second-order valence-electron chi connectivity index (χ2n) is 29.8. The molecule has 1 aliphatic rings. The summed E-state index contributed by atoms with van der Waals surface area (Å²) in [6.45, 7) is 12.7. The molecule has 1 aliphatic heterocycles. The Balaban J connectivity index is 1.95. The average molecular weight is 1700 g/mol. The number of phenols is 1. The van der Waals surface area contributed by atoms with Gasteiger partial charge in [0.05, 0.1) is 31.0 Å². The summed E-state index contributed by atoms with van der Waals surface area (Å²) in [6, 6.07) is -13.5. The van der Waals surface area contributed by atoms with E-state index in [1.807, 2.05) is 0 Å². The molecule has 0 unspecified atom stereocenters. The van der Waals surface area contributed by atoms with Crippen LogP contribution in [0.3, 0.4) is 0 Å². The van der Waals surface area contributed by atoms with Gasteiger partial charge in [0.2, 0.25) is 88.6 Å². The molecule has 1 fully saturated rings. The zero-order chi connectivity index (χ0) is 89.3. The zero-order valence-corrected chi connectivity index (χ0v) is 69.0. The summed E-state index contributed by atoms with van der Waals surface area (Å²) >= 11 is 3.98. The van der Waals surface area contributed by atoms with Crippen molar-refractivity contribution >= 4 is 125 Å². The van der Waals surface area contributed by atoms with E-state index in [2.05, 4.69) is 108 Å². The molecule has 662 valence electrons. The summed E-state index contributed by atoms with van der Waals surface area (Å²) in [5.41, 5.74) is 22.9. The van der Waals surface area contributed by atoms with Crippen molar-refractivity contribution in [1.29, 1.82) is 10.8 Å². The highest BCUT2D eigenvalue weighted by Gasteiger charge is 2.40. The van der Waals surface area contributed by atoms with Gasteiger partial charge in [-0.15, -0.1) is 0 Å². The molecule has 0 aliphatic carbocycles. The Hall–Kier alpha value is -11.9. The van der Waals surface area contributed by atoms with E-state index in [0.717, 1.165) is 0 Å². The van der Waals surface area contributed by atoms with E-state index in [1.54, 1.807) is 41.5 Å². The van der Waals surface area contributed by atoms with Crippen molar-refractivity contribution in [3.8, 4) is 5.75 Å². The maximum atomic E-state index is 14.8.